The molecule has 1 saturated heterocycles. The Balaban J connectivity index is 2.01. The van der Waals surface area contributed by atoms with Crippen LogP contribution in [0.5, 0.6) is 0 Å². The molecule has 1 aromatic rings. The van der Waals surface area contributed by atoms with Gasteiger partial charge in [0.15, 0.2) is 0 Å². The number of aliphatic hydroxyl groups excluding tert-OH is 1. The van der Waals surface area contributed by atoms with Gasteiger partial charge in [0.2, 0.25) is 5.91 Å². The number of carbonyl (C=O) groups excluding carboxylic acids is 1. The number of hydrogen-bond donors (Lipinski definition) is 1. The zero-order valence-electron chi connectivity index (χ0n) is 10.5. The van der Waals surface area contributed by atoms with Crippen LogP contribution in [0.2, 0.25) is 0 Å². The Morgan fingerprint density at radius 1 is 1.44 bits per heavy atom. The molecule has 3 nitrogen and oxygen atoms in total. The van der Waals surface area contributed by atoms with Crippen molar-refractivity contribution in [3.63, 3.8) is 0 Å². The number of nitrogens with zero attached hydrogens (tertiary/aromatic N) is 1. The maximum absolute atomic E-state index is 12.2. The second-order valence-electron chi connectivity index (χ2n) is 4.91. The minimum Gasteiger partial charge on any atom is -0.394 e. The Bertz CT molecular complexity index is 418. The number of halogens is 1. The molecule has 0 aliphatic carbocycles. The Morgan fingerprint density at radius 3 is 2.72 bits per heavy atom. The van der Waals surface area contributed by atoms with Crippen molar-refractivity contribution in [1.29, 1.82) is 0 Å². The lowest BCUT2D eigenvalue weighted by molar-refractivity contribution is -0.132. The summed E-state index contributed by atoms with van der Waals surface area (Å²) in [5.41, 5.74) is 1.01. The highest BCUT2D eigenvalue weighted by Crippen LogP contribution is 2.24. The van der Waals surface area contributed by atoms with E-state index in [1.807, 2.05) is 29.2 Å². The van der Waals surface area contributed by atoms with Crippen molar-refractivity contribution in [3.05, 3.63) is 34.3 Å². The number of carbonyl (C=O) groups is 1. The lowest BCUT2D eigenvalue weighted by atomic mass is 10.0. The standard InChI is InChI=1S/C14H18BrNO2/c1-10-6-7-16(13(10)9-17)14(18)8-11-2-4-12(15)5-3-11/h2-5,10,13,17H,6-9H2,1H3. The first-order valence-electron chi connectivity index (χ1n) is 6.26. The number of likely N-dealkylation sites (tertiary alicyclic amines) is 1. The molecule has 1 aromatic carbocycles. The van der Waals surface area contributed by atoms with Gasteiger partial charge in [-0.15, -0.1) is 0 Å². The van der Waals surface area contributed by atoms with Gasteiger partial charge >= 0.3 is 0 Å². The molecule has 0 aromatic heterocycles. The summed E-state index contributed by atoms with van der Waals surface area (Å²) in [7, 11) is 0. The Morgan fingerprint density at radius 2 is 2.11 bits per heavy atom. The van der Waals surface area contributed by atoms with Crippen LogP contribution in [0.25, 0.3) is 0 Å². The first-order valence-corrected chi connectivity index (χ1v) is 7.06. The highest BCUT2D eigenvalue weighted by atomic mass is 79.9. The molecule has 0 spiro atoms. The third kappa shape index (κ3) is 2.93. The molecule has 0 saturated carbocycles. The largest absolute Gasteiger partial charge is 0.394 e. The van der Waals surface area contributed by atoms with Gasteiger partial charge in [-0.2, -0.15) is 0 Å². The number of hydrogen-bond acceptors (Lipinski definition) is 2. The van der Waals surface area contributed by atoms with Crippen LogP contribution < -0.4 is 0 Å². The molecule has 2 unspecified atom stereocenters. The summed E-state index contributed by atoms with van der Waals surface area (Å²) in [6, 6.07) is 7.79. The Hall–Kier alpha value is -0.870. The van der Waals surface area contributed by atoms with Gasteiger partial charge in [0.1, 0.15) is 0 Å². The second-order valence-corrected chi connectivity index (χ2v) is 5.82. The van der Waals surface area contributed by atoms with E-state index in [4.69, 9.17) is 0 Å². The fraction of sp³-hybridized carbons (Fsp3) is 0.500. The average Bonchev–Trinajstić information content (AvgIpc) is 2.73. The molecule has 0 radical (unpaired) electrons. The topological polar surface area (TPSA) is 40.5 Å². The van der Waals surface area contributed by atoms with Gasteiger partial charge in [0, 0.05) is 11.0 Å². The van der Waals surface area contributed by atoms with Crippen molar-refractivity contribution in [3.8, 4) is 0 Å². The first-order chi connectivity index (χ1) is 8.61. The van der Waals surface area contributed by atoms with Crippen molar-refractivity contribution in [2.24, 2.45) is 5.92 Å². The highest BCUT2D eigenvalue weighted by molar-refractivity contribution is 9.10. The highest BCUT2D eigenvalue weighted by Gasteiger charge is 2.33. The number of amides is 1. The number of benzene rings is 1. The molecule has 98 valence electrons. The van der Waals surface area contributed by atoms with Crippen LogP contribution in [-0.2, 0) is 11.2 Å². The van der Waals surface area contributed by atoms with Gasteiger partial charge < -0.3 is 10.0 Å². The molecule has 2 atom stereocenters. The molecule has 1 amide bonds. The van der Waals surface area contributed by atoms with Crippen LogP contribution in [0, 0.1) is 5.92 Å². The number of rotatable bonds is 3. The molecular weight excluding hydrogens is 294 g/mol. The summed E-state index contributed by atoms with van der Waals surface area (Å²) >= 11 is 3.38. The molecule has 4 heteroatoms. The van der Waals surface area contributed by atoms with Crippen molar-refractivity contribution >= 4 is 21.8 Å². The Labute approximate surface area is 116 Å². The van der Waals surface area contributed by atoms with E-state index in [1.165, 1.54) is 0 Å². The second kappa shape index (κ2) is 5.85. The summed E-state index contributed by atoms with van der Waals surface area (Å²) in [5, 5.41) is 9.36. The van der Waals surface area contributed by atoms with Crippen LogP contribution in [0.3, 0.4) is 0 Å². The quantitative estimate of drug-likeness (QED) is 0.930. The number of aliphatic hydroxyl groups is 1. The molecule has 1 heterocycles. The molecule has 1 N–H and O–H groups in total. The Kier molecular flexibility index (Phi) is 4.40. The molecule has 1 aliphatic rings. The molecule has 18 heavy (non-hydrogen) atoms. The minimum absolute atomic E-state index is 0.00653. The van der Waals surface area contributed by atoms with E-state index in [-0.39, 0.29) is 18.6 Å². The maximum atomic E-state index is 12.2. The normalized spacial score (nSPS) is 23.4. The fourth-order valence-corrected chi connectivity index (χ4v) is 2.74. The minimum atomic E-state index is -0.00653. The molecule has 0 bridgehead atoms. The zero-order valence-corrected chi connectivity index (χ0v) is 12.1. The van der Waals surface area contributed by atoms with E-state index in [0.29, 0.717) is 12.3 Å². The van der Waals surface area contributed by atoms with Crippen LogP contribution >= 0.6 is 15.9 Å². The summed E-state index contributed by atoms with van der Waals surface area (Å²) in [5.74, 6) is 0.504. The summed E-state index contributed by atoms with van der Waals surface area (Å²) in [6.07, 6.45) is 1.40. The first kappa shape index (κ1) is 13.6. The van der Waals surface area contributed by atoms with Gasteiger partial charge in [0.05, 0.1) is 19.1 Å². The van der Waals surface area contributed by atoms with Crippen LogP contribution in [0.4, 0.5) is 0 Å². The van der Waals surface area contributed by atoms with E-state index in [1.54, 1.807) is 0 Å². The third-order valence-corrected chi connectivity index (χ3v) is 4.19. The fourth-order valence-electron chi connectivity index (χ4n) is 2.47. The zero-order chi connectivity index (χ0) is 13.1. The van der Waals surface area contributed by atoms with Gasteiger partial charge in [-0.1, -0.05) is 35.0 Å². The average molecular weight is 312 g/mol. The van der Waals surface area contributed by atoms with Crippen LogP contribution in [-0.4, -0.2) is 35.1 Å². The molecule has 1 fully saturated rings. The van der Waals surface area contributed by atoms with E-state index in [9.17, 15) is 9.90 Å². The third-order valence-electron chi connectivity index (χ3n) is 3.66. The van der Waals surface area contributed by atoms with Gasteiger partial charge in [-0.3, -0.25) is 4.79 Å². The monoisotopic (exact) mass is 311 g/mol. The SMILES string of the molecule is CC1CCN(C(=O)Cc2ccc(Br)cc2)C1CO. The summed E-state index contributed by atoms with van der Waals surface area (Å²) in [6.45, 7) is 2.92. The van der Waals surface area contributed by atoms with Crippen LogP contribution in [0.15, 0.2) is 28.7 Å². The van der Waals surface area contributed by atoms with E-state index >= 15 is 0 Å². The summed E-state index contributed by atoms with van der Waals surface area (Å²) < 4.78 is 1.02. The lowest BCUT2D eigenvalue weighted by Gasteiger charge is -2.25. The molecule has 2 rings (SSSR count). The van der Waals surface area contributed by atoms with E-state index in [0.717, 1.165) is 23.0 Å². The predicted octanol–water partition coefficient (Wildman–Crippen LogP) is 2.22. The van der Waals surface area contributed by atoms with Crippen LogP contribution in [0.1, 0.15) is 18.9 Å². The summed E-state index contributed by atoms with van der Waals surface area (Å²) in [4.78, 5) is 14.0. The van der Waals surface area contributed by atoms with Gasteiger partial charge in [0.25, 0.3) is 0 Å². The van der Waals surface area contributed by atoms with E-state index in [2.05, 4.69) is 22.9 Å². The smallest absolute Gasteiger partial charge is 0.227 e. The maximum Gasteiger partial charge on any atom is 0.227 e. The molecular formula is C14H18BrNO2. The van der Waals surface area contributed by atoms with Crippen molar-refractivity contribution in [1.82, 2.24) is 4.90 Å². The van der Waals surface area contributed by atoms with Crippen molar-refractivity contribution < 1.29 is 9.90 Å². The predicted molar refractivity (Wildman–Crippen MR) is 74.2 cm³/mol. The lowest BCUT2D eigenvalue weighted by Crippen LogP contribution is -2.40. The van der Waals surface area contributed by atoms with Crippen molar-refractivity contribution in [2.75, 3.05) is 13.2 Å². The van der Waals surface area contributed by atoms with Gasteiger partial charge in [-0.25, -0.2) is 0 Å². The van der Waals surface area contributed by atoms with E-state index < -0.39 is 0 Å². The van der Waals surface area contributed by atoms with Gasteiger partial charge in [-0.05, 0) is 30.0 Å². The molecule has 1 aliphatic heterocycles. The van der Waals surface area contributed by atoms with Crippen molar-refractivity contribution in [2.45, 2.75) is 25.8 Å².